The molecule has 1 aliphatic rings. The molecule has 3 aromatic rings. The number of pyridine rings is 1. The summed E-state index contributed by atoms with van der Waals surface area (Å²) in [5, 5.41) is 4.17. The van der Waals surface area contributed by atoms with E-state index in [1.165, 1.54) is 12.8 Å². The summed E-state index contributed by atoms with van der Waals surface area (Å²) in [4.78, 5) is 17.8. The van der Waals surface area contributed by atoms with Crippen LogP contribution >= 0.6 is 0 Å². The average molecular weight is 344 g/mol. The van der Waals surface area contributed by atoms with Gasteiger partial charge in [-0.05, 0) is 43.7 Å². The molecule has 2 aromatic carbocycles. The summed E-state index contributed by atoms with van der Waals surface area (Å²) in [5.74, 6) is 0.787. The summed E-state index contributed by atoms with van der Waals surface area (Å²) in [5.41, 5.74) is 3.44. The Morgan fingerprint density at radius 3 is 2.42 bits per heavy atom. The van der Waals surface area contributed by atoms with E-state index in [-0.39, 0.29) is 11.9 Å². The molecule has 0 atom stereocenters. The van der Waals surface area contributed by atoms with Crippen LogP contribution in [0.25, 0.3) is 22.2 Å². The van der Waals surface area contributed by atoms with Crippen molar-refractivity contribution in [2.24, 2.45) is 5.92 Å². The molecule has 1 heterocycles. The quantitative estimate of drug-likeness (QED) is 0.708. The Labute approximate surface area is 154 Å². The van der Waals surface area contributed by atoms with E-state index in [0.29, 0.717) is 5.56 Å². The van der Waals surface area contributed by atoms with Crippen molar-refractivity contribution in [1.82, 2.24) is 10.3 Å². The molecule has 1 fully saturated rings. The van der Waals surface area contributed by atoms with E-state index in [0.717, 1.165) is 40.9 Å². The normalized spacial score (nSPS) is 20.0. The molecule has 3 heteroatoms. The SMILES string of the molecule is CC1CCC(NC(=O)c2cc(-c3ccccc3)nc3ccccc23)CC1. The maximum absolute atomic E-state index is 13.1. The van der Waals surface area contributed by atoms with Gasteiger partial charge in [-0.2, -0.15) is 0 Å². The lowest BCUT2D eigenvalue weighted by molar-refractivity contribution is 0.0924. The van der Waals surface area contributed by atoms with E-state index in [1.807, 2.05) is 60.7 Å². The standard InChI is InChI=1S/C23H24N2O/c1-16-11-13-18(14-12-16)24-23(26)20-15-22(17-7-3-2-4-8-17)25-21-10-6-5-9-19(20)21/h2-10,15-16,18H,11-14H2,1H3,(H,24,26). The number of hydrogen-bond acceptors (Lipinski definition) is 2. The van der Waals surface area contributed by atoms with E-state index in [4.69, 9.17) is 4.98 Å². The number of aromatic nitrogens is 1. The lowest BCUT2D eigenvalue weighted by Crippen LogP contribution is -2.37. The van der Waals surface area contributed by atoms with E-state index in [2.05, 4.69) is 12.2 Å². The first-order chi connectivity index (χ1) is 12.7. The highest BCUT2D eigenvalue weighted by Gasteiger charge is 2.21. The highest BCUT2D eigenvalue weighted by molar-refractivity contribution is 6.07. The van der Waals surface area contributed by atoms with Crippen molar-refractivity contribution < 1.29 is 4.79 Å². The number of carbonyl (C=O) groups excluding carboxylic acids is 1. The number of amides is 1. The number of carbonyl (C=O) groups is 1. The monoisotopic (exact) mass is 344 g/mol. The topological polar surface area (TPSA) is 42.0 Å². The van der Waals surface area contributed by atoms with Crippen molar-refractivity contribution in [2.75, 3.05) is 0 Å². The predicted molar refractivity (Wildman–Crippen MR) is 106 cm³/mol. The minimum Gasteiger partial charge on any atom is -0.349 e. The second kappa shape index (κ2) is 7.28. The molecule has 26 heavy (non-hydrogen) atoms. The Balaban J connectivity index is 1.70. The summed E-state index contributed by atoms with van der Waals surface area (Å²) in [6, 6.07) is 20.1. The zero-order chi connectivity index (χ0) is 17.9. The summed E-state index contributed by atoms with van der Waals surface area (Å²) < 4.78 is 0. The third kappa shape index (κ3) is 3.48. The van der Waals surface area contributed by atoms with Crippen LogP contribution in [-0.4, -0.2) is 16.9 Å². The highest BCUT2D eigenvalue weighted by Crippen LogP contribution is 2.27. The maximum Gasteiger partial charge on any atom is 0.252 e. The van der Waals surface area contributed by atoms with Crippen LogP contribution in [0.4, 0.5) is 0 Å². The zero-order valence-electron chi connectivity index (χ0n) is 15.1. The van der Waals surface area contributed by atoms with Crippen molar-refractivity contribution in [2.45, 2.75) is 38.6 Å². The van der Waals surface area contributed by atoms with Gasteiger partial charge in [0.15, 0.2) is 0 Å². The molecule has 1 amide bonds. The maximum atomic E-state index is 13.1. The van der Waals surface area contributed by atoms with Crippen LogP contribution in [0, 0.1) is 5.92 Å². The second-order valence-electron chi connectivity index (χ2n) is 7.37. The number of hydrogen-bond donors (Lipinski definition) is 1. The molecule has 0 aliphatic heterocycles. The summed E-state index contributed by atoms with van der Waals surface area (Å²) in [7, 11) is 0. The van der Waals surface area contributed by atoms with Gasteiger partial charge >= 0.3 is 0 Å². The molecule has 1 aromatic heterocycles. The van der Waals surface area contributed by atoms with Crippen molar-refractivity contribution in [3.8, 4) is 11.3 Å². The fourth-order valence-corrected chi connectivity index (χ4v) is 3.79. The molecule has 3 nitrogen and oxygen atoms in total. The van der Waals surface area contributed by atoms with E-state index >= 15 is 0 Å². The summed E-state index contributed by atoms with van der Waals surface area (Å²) in [6.45, 7) is 2.29. The number of nitrogens with zero attached hydrogens (tertiary/aromatic N) is 1. The fraction of sp³-hybridized carbons (Fsp3) is 0.304. The van der Waals surface area contributed by atoms with Crippen molar-refractivity contribution >= 4 is 16.8 Å². The van der Waals surface area contributed by atoms with Gasteiger partial charge in [0, 0.05) is 17.0 Å². The largest absolute Gasteiger partial charge is 0.349 e. The molecule has 1 N–H and O–H groups in total. The van der Waals surface area contributed by atoms with Gasteiger partial charge in [0.1, 0.15) is 0 Å². The smallest absolute Gasteiger partial charge is 0.252 e. The van der Waals surface area contributed by atoms with Crippen LogP contribution in [0.5, 0.6) is 0 Å². The Kier molecular flexibility index (Phi) is 4.70. The number of nitrogens with one attached hydrogen (secondary N) is 1. The van der Waals surface area contributed by atoms with Crippen LogP contribution in [0.2, 0.25) is 0 Å². The number of benzene rings is 2. The molecular formula is C23H24N2O. The lowest BCUT2D eigenvalue weighted by Gasteiger charge is -2.27. The average Bonchev–Trinajstić information content (AvgIpc) is 2.69. The van der Waals surface area contributed by atoms with Gasteiger partial charge in [0.2, 0.25) is 0 Å². The van der Waals surface area contributed by atoms with Gasteiger partial charge in [-0.1, -0.05) is 55.5 Å². The molecular weight excluding hydrogens is 320 g/mol. The Bertz CT molecular complexity index is 912. The van der Waals surface area contributed by atoms with Crippen molar-refractivity contribution in [1.29, 1.82) is 0 Å². The van der Waals surface area contributed by atoms with Gasteiger partial charge in [0.25, 0.3) is 5.91 Å². The highest BCUT2D eigenvalue weighted by atomic mass is 16.1. The van der Waals surface area contributed by atoms with Crippen molar-refractivity contribution in [3.05, 3.63) is 66.2 Å². The van der Waals surface area contributed by atoms with Gasteiger partial charge in [-0.15, -0.1) is 0 Å². The summed E-state index contributed by atoms with van der Waals surface area (Å²) >= 11 is 0. The number of para-hydroxylation sites is 1. The zero-order valence-corrected chi connectivity index (χ0v) is 15.1. The minimum atomic E-state index is 0.0142. The molecule has 4 rings (SSSR count). The minimum absolute atomic E-state index is 0.0142. The first-order valence-corrected chi connectivity index (χ1v) is 9.47. The van der Waals surface area contributed by atoms with Gasteiger partial charge in [-0.3, -0.25) is 4.79 Å². The Morgan fingerprint density at radius 2 is 1.65 bits per heavy atom. The Hall–Kier alpha value is -2.68. The van der Waals surface area contributed by atoms with Gasteiger partial charge < -0.3 is 5.32 Å². The Morgan fingerprint density at radius 1 is 0.962 bits per heavy atom. The van der Waals surface area contributed by atoms with Crippen LogP contribution in [0.1, 0.15) is 43.0 Å². The van der Waals surface area contributed by atoms with E-state index in [9.17, 15) is 4.79 Å². The molecule has 0 saturated heterocycles. The van der Waals surface area contributed by atoms with Crippen LogP contribution in [0.15, 0.2) is 60.7 Å². The van der Waals surface area contributed by atoms with Crippen LogP contribution < -0.4 is 5.32 Å². The lowest BCUT2D eigenvalue weighted by atomic mass is 9.87. The van der Waals surface area contributed by atoms with Crippen LogP contribution in [0.3, 0.4) is 0 Å². The van der Waals surface area contributed by atoms with Crippen LogP contribution in [-0.2, 0) is 0 Å². The molecule has 0 spiro atoms. The first-order valence-electron chi connectivity index (χ1n) is 9.47. The van der Waals surface area contributed by atoms with Crippen molar-refractivity contribution in [3.63, 3.8) is 0 Å². The molecule has 1 saturated carbocycles. The number of rotatable bonds is 3. The van der Waals surface area contributed by atoms with E-state index in [1.54, 1.807) is 0 Å². The predicted octanol–water partition coefficient (Wildman–Crippen LogP) is 5.21. The third-order valence-electron chi connectivity index (χ3n) is 5.38. The molecule has 1 aliphatic carbocycles. The van der Waals surface area contributed by atoms with E-state index < -0.39 is 0 Å². The third-order valence-corrected chi connectivity index (χ3v) is 5.38. The van der Waals surface area contributed by atoms with Gasteiger partial charge in [0.05, 0.1) is 16.8 Å². The molecule has 0 unspecified atom stereocenters. The fourth-order valence-electron chi connectivity index (χ4n) is 3.79. The van der Waals surface area contributed by atoms with Gasteiger partial charge in [-0.25, -0.2) is 4.98 Å². The first kappa shape index (κ1) is 16.8. The summed E-state index contributed by atoms with van der Waals surface area (Å²) in [6.07, 6.45) is 4.53. The molecule has 132 valence electrons. The molecule has 0 radical (unpaired) electrons. The molecule has 0 bridgehead atoms. The number of fused-ring (bicyclic) bond motifs is 1. The second-order valence-corrected chi connectivity index (χ2v) is 7.37.